The summed E-state index contributed by atoms with van der Waals surface area (Å²) < 4.78 is 0. The summed E-state index contributed by atoms with van der Waals surface area (Å²) in [6, 6.07) is 0. The van der Waals surface area contributed by atoms with Gasteiger partial charge >= 0.3 is 0 Å². The highest BCUT2D eigenvalue weighted by atomic mass is 32.1. The minimum atomic E-state index is -0.470. The highest BCUT2D eigenvalue weighted by molar-refractivity contribution is 7.16. The number of allylic oxidation sites excluding steroid dienone is 4. The molecular weight excluding hydrogens is 362 g/mol. The molecule has 27 heavy (non-hydrogen) atoms. The van der Waals surface area contributed by atoms with Gasteiger partial charge in [-0.05, 0) is 37.2 Å². The molecule has 2 unspecified atom stereocenters. The highest BCUT2D eigenvalue weighted by Gasteiger charge is 2.45. The first-order valence-corrected chi connectivity index (χ1v) is 10.3. The number of carbonyl (C=O) groups excluding carboxylic acids is 2. The van der Waals surface area contributed by atoms with Gasteiger partial charge in [-0.15, -0.1) is 11.3 Å². The lowest BCUT2D eigenvalue weighted by atomic mass is 9.99. The first-order chi connectivity index (χ1) is 13.1. The maximum absolute atomic E-state index is 12.7. The standard InChI is InChI=1S/C20H25N3O3S/c21-9-16-13-6-7-23(18(25)11-24)10-17(13)27-20(16)22-19(26)15-8-14(15)12-4-2-1-3-5-12/h1-2,4,14-15,24H,3,5-11,21H2,(H,22,26). The summed E-state index contributed by atoms with van der Waals surface area (Å²) in [6.45, 7) is 0.963. The predicted octanol–water partition coefficient (Wildman–Crippen LogP) is 1.93. The zero-order valence-corrected chi connectivity index (χ0v) is 16.1. The van der Waals surface area contributed by atoms with E-state index in [1.54, 1.807) is 4.90 Å². The van der Waals surface area contributed by atoms with Crippen molar-refractivity contribution in [3.63, 3.8) is 0 Å². The maximum Gasteiger partial charge on any atom is 0.248 e. The molecule has 144 valence electrons. The third kappa shape index (κ3) is 3.59. The minimum absolute atomic E-state index is 0.0555. The molecule has 3 aliphatic rings. The molecule has 1 saturated carbocycles. The number of rotatable bonds is 5. The van der Waals surface area contributed by atoms with Gasteiger partial charge in [-0.2, -0.15) is 0 Å². The summed E-state index contributed by atoms with van der Waals surface area (Å²) in [6.07, 6.45) is 10.2. The zero-order chi connectivity index (χ0) is 19.0. The molecule has 0 spiro atoms. The molecule has 1 aliphatic heterocycles. The van der Waals surface area contributed by atoms with Crippen LogP contribution in [0.25, 0.3) is 0 Å². The van der Waals surface area contributed by atoms with Crippen LogP contribution < -0.4 is 11.1 Å². The number of aliphatic hydroxyl groups excluding tert-OH is 1. The molecule has 1 aromatic rings. The lowest BCUT2D eigenvalue weighted by Gasteiger charge is -2.26. The van der Waals surface area contributed by atoms with Gasteiger partial charge < -0.3 is 21.1 Å². The minimum Gasteiger partial charge on any atom is -0.387 e. The average Bonchev–Trinajstić information content (AvgIpc) is 3.43. The number of fused-ring (bicyclic) bond motifs is 1. The first kappa shape index (κ1) is 18.4. The van der Waals surface area contributed by atoms with E-state index in [4.69, 9.17) is 10.8 Å². The van der Waals surface area contributed by atoms with E-state index in [9.17, 15) is 9.59 Å². The fourth-order valence-corrected chi connectivity index (χ4v) is 5.42. The molecule has 1 aromatic heterocycles. The van der Waals surface area contributed by atoms with E-state index in [-0.39, 0.29) is 17.7 Å². The average molecular weight is 388 g/mol. The first-order valence-electron chi connectivity index (χ1n) is 9.51. The number of nitrogens with zero attached hydrogens (tertiary/aromatic N) is 1. The van der Waals surface area contributed by atoms with Gasteiger partial charge in [0.1, 0.15) is 11.6 Å². The molecule has 2 atom stereocenters. The predicted molar refractivity (Wildman–Crippen MR) is 105 cm³/mol. The van der Waals surface area contributed by atoms with Crippen LogP contribution in [0.1, 0.15) is 35.3 Å². The Hall–Kier alpha value is -1.96. The topological polar surface area (TPSA) is 95.7 Å². The maximum atomic E-state index is 12.7. The molecule has 2 aliphatic carbocycles. The van der Waals surface area contributed by atoms with Gasteiger partial charge in [0.2, 0.25) is 11.8 Å². The van der Waals surface area contributed by atoms with Crippen LogP contribution in [-0.4, -0.2) is 35.0 Å². The number of carbonyl (C=O) groups is 2. The normalized spacial score (nSPS) is 23.6. The zero-order valence-electron chi connectivity index (χ0n) is 15.2. The number of anilines is 1. The van der Waals surface area contributed by atoms with Crippen LogP contribution in [0.5, 0.6) is 0 Å². The van der Waals surface area contributed by atoms with E-state index in [1.807, 2.05) is 0 Å². The number of nitrogens with one attached hydrogen (secondary N) is 1. The van der Waals surface area contributed by atoms with E-state index in [2.05, 4.69) is 23.5 Å². The number of thiophene rings is 1. The van der Waals surface area contributed by atoms with E-state index in [0.29, 0.717) is 32.0 Å². The second-order valence-electron chi connectivity index (χ2n) is 7.39. The van der Waals surface area contributed by atoms with Crippen molar-refractivity contribution in [1.82, 2.24) is 4.90 Å². The van der Waals surface area contributed by atoms with Gasteiger partial charge in [0.15, 0.2) is 0 Å². The Morgan fingerprint density at radius 3 is 2.93 bits per heavy atom. The molecule has 6 nitrogen and oxygen atoms in total. The number of aliphatic hydroxyl groups is 1. The number of hydrogen-bond donors (Lipinski definition) is 3. The Kier molecular flexibility index (Phi) is 5.16. The van der Waals surface area contributed by atoms with Crippen molar-refractivity contribution in [2.75, 3.05) is 18.5 Å². The van der Waals surface area contributed by atoms with E-state index in [1.165, 1.54) is 16.9 Å². The van der Waals surface area contributed by atoms with E-state index < -0.39 is 6.61 Å². The van der Waals surface area contributed by atoms with Crippen LogP contribution in [-0.2, 0) is 29.1 Å². The number of hydrogen-bond acceptors (Lipinski definition) is 5. The largest absolute Gasteiger partial charge is 0.387 e. The Morgan fingerprint density at radius 2 is 2.22 bits per heavy atom. The van der Waals surface area contributed by atoms with Crippen molar-refractivity contribution >= 4 is 28.2 Å². The van der Waals surface area contributed by atoms with Crippen molar-refractivity contribution < 1.29 is 14.7 Å². The molecule has 2 amide bonds. The monoisotopic (exact) mass is 387 g/mol. The summed E-state index contributed by atoms with van der Waals surface area (Å²) in [4.78, 5) is 27.2. The quantitative estimate of drug-likeness (QED) is 0.719. The van der Waals surface area contributed by atoms with Crippen molar-refractivity contribution in [3.8, 4) is 0 Å². The van der Waals surface area contributed by atoms with Crippen molar-refractivity contribution in [2.45, 2.75) is 38.8 Å². The SMILES string of the molecule is NCc1c(NC(=O)C2CC2C2=CC=CCC2)sc2c1CCN(C(=O)CO)C2. The Balaban J connectivity index is 1.46. The number of amides is 2. The lowest BCUT2D eigenvalue weighted by molar-refractivity contribution is -0.135. The second kappa shape index (κ2) is 7.58. The summed E-state index contributed by atoms with van der Waals surface area (Å²) in [5.41, 5.74) is 9.51. The van der Waals surface area contributed by atoms with Crippen LogP contribution in [0.4, 0.5) is 5.00 Å². The van der Waals surface area contributed by atoms with Crippen molar-refractivity contribution in [1.29, 1.82) is 0 Å². The summed E-state index contributed by atoms with van der Waals surface area (Å²) >= 11 is 1.52. The van der Waals surface area contributed by atoms with Crippen molar-refractivity contribution in [2.24, 2.45) is 17.6 Å². The Bertz CT molecular complexity index is 827. The van der Waals surface area contributed by atoms with Crippen LogP contribution in [0.2, 0.25) is 0 Å². The Morgan fingerprint density at radius 1 is 1.37 bits per heavy atom. The third-order valence-corrected chi connectivity index (χ3v) is 6.92. The third-order valence-electron chi connectivity index (χ3n) is 5.74. The summed E-state index contributed by atoms with van der Waals surface area (Å²) in [5, 5.41) is 13.0. The van der Waals surface area contributed by atoms with Crippen LogP contribution >= 0.6 is 11.3 Å². The molecule has 1 fully saturated rings. The van der Waals surface area contributed by atoms with E-state index >= 15 is 0 Å². The molecule has 4 N–H and O–H groups in total. The van der Waals surface area contributed by atoms with Gasteiger partial charge in [0, 0.05) is 29.4 Å². The smallest absolute Gasteiger partial charge is 0.248 e. The summed E-state index contributed by atoms with van der Waals surface area (Å²) in [7, 11) is 0. The van der Waals surface area contributed by atoms with Gasteiger partial charge in [-0.25, -0.2) is 0 Å². The molecule has 0 saturated heterocycles. The van der Waals surface area contributed by atoms with Crippen LogP contribution in [0.15, 0.2) is 23.8 Å². The molecular formula is C20H25N3O3S. The molecule has 4 rings (SSSR count). The van der Waals surface area contributed by atoms with Gasteiger partial charge in [-0.3, -0.25) is 9.59 Å². The number of nitrogens with two attached hydrogens (primary N) is 1. The molecule has 0 aromatic carbocycles. The molecule has 7 heteroatoms. The fourth-order valence-electron chi connectivity index (χ4n) is 4.13. The van der Waals surface area contributed by atoms with Gasteiger partial charge in [-0.1, -0.05) is 23.8 Å². The molecule has 0 radical (unpaired) electrons. The molecule has 2 heterocycles. The lowest BCUT2D eigenvalue weighted by Crippen LogP contribution is -2.37. The summed E-state index contributed by atoms with van der Waals surface area (Å²) in [5.74, 6) is 0.250. The Labute approximate surface area is 162 Å². The fraction of sp³-hybridized carbons (Fsp3) is 0.500. The molecule has 0 bridgehead atoms. The van der Waals surface area contributed by atoms with E-state index in [0.717, 1.165) is 40.3 Å². The van der Waals surface area contributed by atoms with Crippen molar-refractivity contribution in [3.05, 3.63) is 39.8 Å². The van der Waals surface area contributed by atoms with Gasteiger partial charge in [0.25, 0.3) is 0 Å². The highest BCUT2D eigenvalue weighted by Crippen LogP contribution is 2.47. The van der Waals surface area contributed by atoms with Crippen LogP contribution in [0, 0.1) is 11.8 Å². The van der Waals surface area contributed by atoms with Crippen LogP contribution in [0.3, 0.4) is 0 Å². The van der Waals surface area contributed by atoms with Gasteiger partial charge in [0.05, 0.1) is 6.54 Å². The second-order valence-corrected chi connectivity index (χ2v) is 8.49.